The van der Waals surface area contributed by atoms with E-state index in [2.05, 4.69) is 82.1 Å². The number of aromatic amines is 2. The first-order valence-electron chi connectivity index (χ1n) is 18.2. The van der Waals surface area contributed by atoms with Gasteiger partial charge in [0.25, 0.3) is 0 Å². The molecule has 0 spiro atoms. The van der Waals surface area contributed by atoms with Gasteiger partial charge in [0, 0.05) is 35.2 Å². The van der Waals surface area contributed by atoms with Crippen molar-refractivity contribution in [2.45, 2.75) is 0 Å². The Morgan fingerprint density at radius 1 is 0.547 bits per heavy atom. The van der Waals surface area contributed by atoms with E-state index in [1.54, 1.807) is 75.1 Å². The Labute approximate surface area is 407 Å². The summed E-state index contributed by atoms with van der Waals surface area (Å²) in [5, 5.41) is 45.2. The Kier molecular flexibility index (Phi) is 19.1. The van der Waals surface area contributed by atoms with Crippen molar-refractivity contribution < 1.29 is 98.0 Å². The molecule has 0 radical (unpaired) electrons. The van der Waals surface area contributed by atoms with Gasteiger partial charge in [-0.1, -0.05) is 24.3 Å². The molecule has 6 heterocycles. The predicted molar refractivity (Wildman–Crippen MR) is 215 cm³/mol. The summed E-state index contributed by atoms with van der Waals surface area (Å²) in [7, 11) is 3.09. The van der Waals surface area contributed by atoms with Crippen LogP contribution in [-0.4, -0.2) is 122 Å². The molecule has 8 aromatic rings. The molecule has 0 amide bonds. The first-order chi connectivity index (χ1) is 30.6. The number of rotatable bonds is 18. The number of aliphatic hydroxyl groups excluding tert-OH is 2. The fraction of sp³-hybridized carbons (Fsp3) is 0.158. The molecule has 26 heteroatoms. The Bertz CT molecular complexity index is 2470. The van der Waals surface area contributed by atoms with Crippen molar-refractivity contribution in [1.29, 1.82) is 0 Å². The van der Waals surface area contributed by atoms with Crippen LogP contribution < -0.4 is 78.1 Å². The molecule has 0 fully saturated rings. The fourth-order valence-corrected chi connectivity index (χ4v) is 5.15. The largest absolute Gasteiger partial charge is 1.00 e. The second-order valence-electron chi connectivity index (χ2n) is 11.9. The van der Waals surface area contributed by atoms with Crippen molar-refractivity contribution in [1.82, 2.24) is 71.2 Å². The van der Waals surface area contributed by atoms with Gasteiger partial charge in [-0.05, 0) is 69.4 Å². The normalized spacial score (nSPS) is 10.3. The Morgan fingerprint density at radius 2 is 0.969 bits per heavy atom. The Hall–Kier alpha value is -6.32. The van der Waals surface area contributed by atoms with E-state index < -0.39 is 0 Å². The average Bonchev–Trinajstić information content (AvgIpc) is 4.08. The van der Waals surface area contributed by atoms with Gasteiger partial charge in [0.1, 0.15) is 22.9 Å². The van der Waals surface area contributed by atoms with Gasteiger partial charge in [-0.25, -0.2) is 10.2 Å². The maximum Gasteiger partial charge on any atom is 1.00 e. The molecule has 0 atom stereocenters. The molecule has 6 aromatic heterocycles. The second kappa shape index (κ2) is 25.1. The predicted octanol–water partition coefficient (Wildman–Crippen LogP) is -1.09. The summed E-state index contributed by atoms with van der Waals surface area (Å²) in [6.45, 7) is -0.372. The van der Waals surface area contributed by atoms with Crippen LogP contribution in [0.1, 0.15) is 0 Å². The van der Waals surface area contributed by atoms with Gasteiger partial charge in [-0.3, -0.25) is 19.9 Å². The third-order valence-electron chi connectivity index (χ3n) is 7.93. The smallest absolute Gasteiger partial charge is 0.493 e. The third-order valence-corrected chi connectivity index (χ3v) is 7.93. The van der Waals surface area contributed by atoms with Crippen LogP contribution in [-0.2, 0) is 9.68 Å². The molecule has 64 heavy (non-hydrogen) atoms. The van der Waals surface area contributed by atoms with E-state index in [0.29, 0.717) is 68.8 Å². The van der Waals surface area contributed by atoms with Crippen LogP contribution in [0.15, 0.2) is 97.6 Å². The van der Waals surface area contributed by atoms with Crippen LogP contribution in [0, 0.1) is 0 Å². The van der Waals surface area contributed by atoms with Crippen LogP contribution in [0.4, 0.5) is 11.6 Å². The summed E-state index contributed by atoms with van der Waals surface area (Å²) < 4.78 is 22.4. The van der Waals surface area contributed by atoms with Crippen molar-refractivity contribution in [3.63, 3.8) is 0 Å². The molecule has 0 aliphatic heterocycles. The van der Waals surface area contributed by atoms with E-state index >= 15 is 0 Å². The number of aliphatic hydroxyl groups is 2. The summed E-state index contributed by atoms with van der Waals surface area (Å²) in [6.07, 6.45) is 6.14. The zero-order chi connectivity index (χ0) is 42.9. The van der Waals surface area contributed by atoms with Crippen LogP contribution in [0.5, 0.6) is 34.5 Å². The number of tetrazole rings is 2. The van der Waals surface area contributed by atoms with Crippen molar-refractivity contribution >= 4 is 11.6 Å². The number of hydrogen-bond donors (Lipinski definition) is 4. The molecule has 8 rings (SSSR count). The number of ether oxygens (including phenoxy) is 4. The first-order valence-corrected chi connectivity index (χ1v) is 18.2. The van der Waals surface area contributed by atoms with E-state index in [0.717, 1.165) is 0 Å². The van der Waals surface area contributed by atoms with Crippen molar-refractivity contribution in [3.8, 4) is 80.3 Å². The Balaban J connectivity index is 0.000000234. The minimum atomic E-state index is -0.191. The minimum absolute atomic E-state index is 0. The number of nitrogens with one attached hydrogen (secondary N) is 2. The average molecular weight is 889 g/mol. The maximum atomic E-state index is 8.98. The number of H-pyrrole nitrogens is 2. The van der Waals surface area contributed by atoms with E-state index in [1.165, 1.54) is 12.4 Å². The van der Waals surface area contributed by atoms with E-state index in [1.807, 2.05) is 24.3 Å². The molecule has 0 aliphatic carbocycles. The maximum absolute atomic E-state index is 8.98. The van der Waals surface area contributed by atoms with Gasteiger partial charge >= 0.3 is 59.1 Å². The number of hydrogen-bond acceptors (Lipinski definition) is 20. The van der Waals surface area contributed by atoms with Gasteiger partial charge in [-0.2, -0.15) is 0 Å². The van der Waals surface area contributed by atoms with Crippen LogP contribution in [0.3, 0.4) is 0 Å². The first kappa shape index (κ1) is 48.7. The molecule has 4 N–H and O–H groups in total. The van der Waals surface area contributed by atoms with E-state index in [9.17, 15) is 0 Å². The standard InChI is InChI=1S/2C19H17N8O4.2Na/c2*1-29-14-4-2-3-5-15(14)31-16-11-21-17(22-19(16)25-30-9-8-28)12-6-7-20-13(10-12)18-23-26-27-24-18;;/h2*2-7,10-11,28H,8-9H2,1H3,(H-,21,22,23,24,25,26,27);;/q2*-1;2*+1. The number of aromatic nitrogens is 14. The van der Waals surface area contributed by atoms with Crippen molar-refractivity contribution in [2.75, 3.05) is 40.6 Å². The van der Waals surface area contributed by atoms with Crippen LogP contribution in [0.25, 0.3) is 56.8 Å². The zero-order valence-corrected chi connectivity index (χ0v) is 38.7. The summed E-state index contributed by atoms with van der Waals surface area (Å²) in [5.74, 6) is 4.32. The summed E-state index contributed by atoms with van der Waals surface area (Å²) in [4.78, 5) is 36.4. The van der Waals surface area contributed by atoms with Gasteiger partial charge in [0.15, 0.2) is 34.6 Å². The van der Waals surface area contributed by atoms with Gasteiger partial charge in [-0.15, -0.1) is 10.2 Å². The summed E-state index contributed by atoms with van der Waals surface area (Å²) in [6, 6.07) is 21.2. The van der Waals surface area contributed by atoms with Gasteiger partial charge in [0.2, 0.25) is 0 Å². The summed E-state index contributed by atoms with van der Waals surface area (Å²) >= 11 is 0. The SMILES string of the molecule is COc1ccccc1Oc1cnc(-c2ccnc(-c3nnn[nH]3)c2)nc1[N-]OCCO.COc1ccccc1Oc1cnc(-c2ccnc(-c3nnn[nH]3)c2)nc1[N-]OCCO.[Na+].[Na+]. The van der Waals surface area contributed by atoms with Gasteiger partial charge in [0.05, 0.1) is 64.7 Å². The van der Waals surface area contributed by atoms with Gasteiger partial charge < -0.3 is 59.8 Å². The molecule has 0 saturated carbocycles. The summed E-state index contributed by atoms with van der Waals surface area (Å²) in [5.41, 5.74) is 10.3. The molecule has 2 aromatic carbocycles. The monoisotopic (exact) mass is 888 g/mol. The molecule has 0 unspecified atom stereocenters. The quantitative estimate of drug-likeness (QED) is 0.0452. The molecule has 24 nitrogen and oxygen atoms in total. The minimum Gasteiger partial charge on any atom is -0.493 e. The van der Waals surface area contributed by atoms with E-state index in [4.69, 9.17) is 38.8 Å². The fourth-order valence-electron chi connectivity index (χ4n) is 5.15. The number of para-hydroxylation sites is 4. The molecule has 0 aliphatic rings. The molecule has 0 bridgehead atoms. The molecule has 0 saturated heterocycles. The number of nitrogens with zero attached hydrogens (tertiary/aromatic N) is 14. The number of methoxy groups -OCH3 is 2. The van der Waals surface area contributed by atoms with Crippen molar-refractivity contribution in [3.05, 3.63) is 109 Å². The van der Waals surface area contributed by atoms with Crippen LogP contribution in [0.2, 0.25) is 0 Å². The molecular formula is C38H34N16Na2O8. The van der Waals surface area contributed by atoms with Crippen LogP contribution >= 0.6 is 0 Å². The molecular weight excluding hydrogens is 855 g/mol. The zero-order valence-electron chi connectivity index (χ0n) is 34.7. The third kappa shape index (κ3) is 12.9. The number of pyridine rings is 2. The molecule has 316 valence electrons. The van der Waals surface area contributed by atoms with Crippen molar-refractivity contribution in [2.24, 2.45) is 0 Å². The number of benzene rings is 2. The Morgan fingerprint density at radius 3 is 1.34 bits per heavy atom. The van der Waals surface area contributed by atoms with E-state index in [-0.39, 0.29) is 109 Å². The second-order valence-corrected chi connectivity index (χ2v) is 11.9. The topological polar surface area (TPSA) is 310 Å².